The number of carbonyl (C=O) groups excluding carboxylic acids is 1. The number of anilines is 1. The van der Waals surface area contributed by atoms with Gasteiger partial charge in [0.25, 0.3) is 5.91 Å². The molecular weight excluding hydrogens is 426 g/mol. The van der Waals surface area contributed by atoms with Crippen LogP contribution < -0.4 is 5.73 Å². The summed E-state index contributed by atoms with van der Waals surface area (Å²) < 4.78 is 52.3. The fraction of sp³-hybridized carbons (Fsp3) is 0.474. The highest BCUT2D eigenvalue weighted by Crippen LogP contribution is 2.29. The molecule has 1 aliphatic rings. The second-order valence-electron chi connectivity index (χ2n) is 7.24. The smallest absolute Gasteiger partial charge is 0.398 e. The minimum atomic E-state index is -4.65. The molecule has 2 aromatic rings. The number of nitrogens with two attached hydrogens (primary N) is 1. The number of rotatable bonds is 6. The number of H-pyrrole nitrogens is 1. The molecule has 0 radical (unpaired) electrons. The van der Waals surface area contributed by atoms with Crippen LogP contribution in [0, 0.1) is 0 Å². The van der Waals surface area contributed by atoms with Crippen molar-refractivity contribution in [3.63, 3.8) is 0 Å². The van der Waals surface area contributed by atoms with Crippen molar-refractivity contribution in [2.75, 3.05) is 31.9 Å². The van der Waals surface area contributed by atoms with Crippen molar-refractivity contribution in [1.29, 1.82) is 0 Å². The Hall–Kier alpha value is -2.33. The van der Waals surface area contributed by atoms with E-state index in [0.29, 0.717) is 48.3 Å². The van der Waals surface area contributed by atoms with Crippen LogP contribution in [-0.2, 0) is 12.7 Å². The summed E-state index contributed by atoms with van der Waals surface area (Å²) in [6, 6.07) is 5.57. The number of alkyl halides is 4. The summed E-state index contributed by atoms with van der Waals surface area (Å²) in [5.41, 5.74) is 5.34. The highest BCUT2D eigenvalue weighted by atomic mass is 35.5. The summed E-state index contributed by atoms with van der Waals surface area (Å²) >= 11 is 6.21. The molecule has 1 aromatic carbocycles. The summed E-state index contributed by atoms with van der Waals surface area (Å²) in [5.74, 6) is -0.699. The van der Waals surface area contributed by atoms with Crippen LogP contribution in [0.15, 0.2) is 24.3 Å². The Morgan fingerprint density at radius 2 is 2.17 bits per heavy atom. The lowest BCUT2D eigenvalue weighted by molar-refractivity contribution is -0.141. The van der Waals surface area contributed by atoms with E-state index in [4.69, 9.17) is 17.3 Å². The Morgan fingerprint density at radius 1 is 1.40 bits per heavy atom. The molecule has 1 fully saturated rings. The van der Waals surface area contributed by atoms with Gasteiger partial charge in [0.1, 0.15) is 11.9 Å². The van der Waals surface area contributed by atoms with Crippen molar-refractivity contribution >= 4 is 23.2 Å². The first-order chi connectivity index (χ1) is 14.1. The minimum Gasteiger partial charge on any atom is -0.398 e. The van der Waals surface area contributed by atoms with Gasteiger partial charge in [0.2, 0.25) is 0 Å². The monoisotopic (exact) mass is 447 g/mol. The molecule has 30 heavy (non-hydrogen) atoms. The summed E-state index contributed by atoms with van der Waals surface area (Å²) in [5, 5.41) is 5.71. The maximum Gasteiger partial charge on any atom is 0.432 e. The van der Waals surface area contributed by atoms with Crippen LogP contribution in [0.4, 0.5) is 23.2 Å². The van der Waals surface area contributed by atoms with Gasteiger partial charge in [-0.3, -0.25) is 14.8 Å². The van der Waals surface area contributed by atoms with Crippen molar-refractivity contribution < 1.29 is 22.4 Å². The summed E-state index contributed by atoms with van der Waals surface area (Å²) in [6.45, 7) is 1.47. The molecule has 0 aliphatic carbocycles. The highest BCUT2D eigenvalue weighted by molar-refractivity contribution is 6.31. The van der Waals surface area contributed by atoms with Gasteiger partial charge in [-0.15, -0.1) is 0 Å². The van der Waals surface area contributed by atoms with E-state index < -0.39 is 23.9 Å². The normalized spacial score (nSPS) is 17.8. The number of aromatic nitrogens is 2. The first-order valence-electron chi connectivity index (χ1n) is 9.46. The van der Waals surface area contributed by atoms with Crippen LogP contribution in [0.25, 0.3) is 0 Å². The fourth-order valence-electron chi connectivity index (χ4n) is 3.39. The van der Waals surface area contributed by atoms with E-state index in [2.05, 4.69) is 5.10 Å². The number of aromatic amines is 1. The lowest BCUT2D eigenvalue weighted by Gasteiger charge is -2.31. The molecule has 11 heteroatoms. The van der Waals surface area contributed by atoms with Crippen molar-refractivity contribution in [3.05, 3.63) is 46.2 Å². The van der Waals surface area contributed by atoms with Gasteiger partial charge in [0, 0.05) is 48.5 Å². The number of halogens is 5. The van der Waals surface area contributed by atoms with Crippen LogP contribution in [-0.4, -0.2) is 58.3 Å². The lowest BCUT2D eigenvalue weighted by Crippen LogP contribution is -2.43. The molecule has 3 N–H and O–H groups in total. The average Bonchev–Trinajstić information content (AvgIpc) is 3.17. The van der Waals surface area contributed by atoms with E-state index in [1.807, 2.05) is 10.00 Å². The molecular formula is C19H22ClF4N5O. The zero-order valence-corrected chi connectivity index (χ0v) is 16.8. The molecule has 164 valence electrons. The van der Waals surface area contributed by atoms with E-state index >= 15 is 0 Å². The van der Waals surface area contributed by atoms with Gasteiger partial charge in [-0.05, 0) is 31.5 Å². The van der Waals surface area contributed by atoms with Crippen LogP contribution in [0.1, 0.15) is 34.6 Å². The third kappa shape index (κ3) is 5.42. The maximum absolute atomic E-state index is 13.7. The van der Waals surface area contributed by atoms with E-state index in [1.54, 1.807) is 18.2 Å². The van der Waals surface area contributed by atoms with Crippen LogP contribution in [0.2, 0.25) is 5.02 Å². The molecule has 1 aromatic heterocycles. The number of hydrogen-bond acceptors (Lipinski definition) is 4. The van der Waals surface area contributed by atoms with Crippen LogP contribution in [0.5, 0.6) is 0 Å². The fourth-order valence-corrected chi connectivity index (χ4v) is 3.63. The lowest BCUT2D eigenvalue weighted by atomic mass is 10.1. The van der Waals surface area contributed by atoms with Gasteiger partial charge in [0.15, 0.2) is 5.69 Å². The topological polar surface area (TPSA) is 78.2 Å². The molecule has 6 nitrogen and oxygen atoms in total. The number of hydrogen-bond donors (Lipinski definition) is 2. The molecule has 1 amide bonds. The summed E-state index contributed by atoms with van der Waals surface area (Å²) in [4.78, 5) is 16.2. The predicted octanol–water partition coefficient (Wildman–Crippen LogP) is 3.74. The summed E-state index contributed by atoms with van der Waals surface area (Å²) in [7, 11) is 0. The first kappa shape index (κ1) is 22.4. The number of likely N-dealkylation sites (tertiary alicyclic amines) is 1. The van der Waals surface area contributed by atoms with Gasteiger partial charge < -0.3 is 10.6 Å². The molecule has 2 heterocycles. The highest BCUT2D eigenvalue weighted by Gasteiger charge is 2.34. The molecule has 0 bridgehead atoms. The van der Waals surface area contributed by atoms with Gasteiger partial charge >= 0.3 is 6.18 Å². The molecule has 1 unspecified atom stereocenters. The third-order valence-electron chi connectivity index (χ3n) is 5.03. The SMILES string of the molecule is Nc1cccc(Cl)c1CN(CCN1CCCC(F)C1)C(=O)c1cc(C(F)(F)F)[nH]n1. The Morgan fingerprint density at radius 3 is 2.80 bits per heavy atom. The van der Waals surface area contributed by atoms with E-state index in [1.165, 1.54) is 4.90 Å². The molecule has 1 aliphatic heterocycles. The predicted molar refractivity (Wildman–Crippen MR) is 105 cm³/mol. The van der Waals surface area contributed by atoms with Crippen molar-refractivity contribution in [3.8, 4) is 0 Å². The molecule has 1 saturated heterocycles. The molecule has 1 atom stereocenters. The Balaban J connectivity index is 1.80. The van der Waals surface area contributed by atoms with Crippen molar-refractivity contribution in [1.82, 2.24) is 20.0 Å². The van der Waals surface area contributed by atoms with Gasteiger partial charge in [-0.2, -0.15) is 18.3 Å². The number of nitrogen functional groups attached to an aromatic ring is 1. The van der Waals surface area contributed by atoms with Gasteiger partial charge in [0.05, 0.1) is 0 Å². The van der Waals surface area contributed by atoms with Crippen molar-refractivity contribution in [2.45, 2.75) is 31.7 Å². The number of carbonyl (C=O) groups is 1. The van der Waals surface area contributed by atoms with Crippen molar-refractivity contribution in [2.24, 2.45) is 0 Å². The standard InChI is InChI=1S/C19H22ClF4N5O/c20-14-4-1-5-15(25)13(14)11-29(8-7-28-6-2-3-12(21)10-28)18(30)16-9-17(27-26-16)19(22,23)24/h1,4-5,9,12H,2-3,6-8,10-11,25H2,(H,26,27). The van der Waals surface area contributed by atoms with E-state index in [0.717, 1.165) is 0 Å². The maximum atomic E-state index is 13.7. The number of amides is 1. The summed E-state index contributed by atoms with van der Waals surface area (Å²) in [6.07, 6.45) is -4.36. The second-order valence-corrected chi connectivity index (χ2v) is 7.65. The van der Waals surface area contributed by atoms with E-state index in [-0.39, 0.29) is 25.3 Å². The van der Waals surface area contributed by atoms with Gasteiger partial charge in [-0.25, -0.2) is 4.39 Å². The van der Waals surface area contributed by atoms with Crippen LogP contribution >= 0.6 is 11.6 Å². The Bertz CT molecular complexity index is 868. The molecule has 3 rings (SSSR count). The number of piperidine rings is 1. The Labute approximate surface area is 176 Å². The quantitative estimate of drug-likeness (QED) is 0.522. The molecule has 0 spiro atoms. The first-order valence-corrected chi connectivity index (χ1v) is 9.84. The van der Waals surface area contributed by atoms with E-state index in [9.17, 15) is 22.4 Å². The Kier molecular flexibility index (Phi) is 6.87. The zero-order valence-electron chi connectivity index (χ0n) is 16.1. The largest absolute Gasteiger partial charge is 0.432 e. The number of nitrogens with zero attached hydrogens (tertiary/aromatic N) is 3. The second kappa shape index (κ2) is 9.22. The number of nitrogens with one attached hydrogen (secondary N) is 1. The average molecular weight is 448 g/mol. The third-order valence-corrected chi connectivity index (χ3v) is 5.38. The number of benzene rings is 1. The van der Waals surface area contributed by atoms with Gasteiger partial charge in [-0.1, -0.05) is 17.7 Å². The van der Waals surface area contributed by atoms with Crippen LogP contribution in [0.3, 0.4) is 0 Å². The zero-order chi connectivity index (χ0) is 21.9. The molecule has 0 saturated carbocycles. The minimum absolute atomic E-state index is 0.00849.